The molecule has 0 atom stereocenters. The third-order valence-electron chi connectivity index (χ3n) is 5.15. The van der Waals surface area contributed by atoms with Crippen LogP contribution in [0.2, 0.25) is 0 Å². The van der Waals surface area contributed by atoms with Crippen LogP contribution in [0, 0.1) is 0 Å². The normalized spacial score (nSPS) is 17.1. The van der Waals surface area contributed by atoms with Crippen molar-refractivity contribution in [3.8, 4) is 11.5 Å². The van der Waals surface area contributed by atoms with Crippen LogP contribution in [0.3, 0.4) is 0 Å². The van der Waals surface area contributed by atoms with Gasteiger partial charge >= 0.3 is 0 Å². The summed E-state index contributed by atoms with van der Waals surface area (Å²) in [7, 11) is 0. The first-order chi connectivity index (χ1) is 12.5. The van der Waals surface area contributed by atoms with Crippen LogP contribution < -0.4 is 15.2 Å². The summed E-state index contributed by atoms with van der Waals surface area (Å²) in [5.74, 6) is 2.29. The maximum atomic E-state index is 12.8. The molecule has 138 valence electrons. The predicted octanol–water partition coefficient (Wildman–Crippen LogP) is 3.13. The molecule has 1 saturated heterocycles. The molecule has 26 heavy (non-hydrogen) atoms. The number of benzene rings is 1. The Balaban J connectivity index is 1.44. The van der Waals surface area contributed by atoms with Crippen LogP contribution in [0.4, 0.5) is 5.88 Å². The number of carbonyl (C=O) groups is 1. The summed E-state index contributed by atoms with van der Waals surface area (Å²) in [6.07, 6.45) is 1.70. The fourth-order valence-corrected chi connectivity index (χ4v) is 3.77. The lowest BCUT2D eigenvalue weighted by atomic mass is 9.88. The number of piperidine rings is 1. The number of aromatic nitrogens is 1. The topological polar surface area (TPSA) is 90.8 Å². The Morgan fingerprint density at radius 1 is 1.23 bits per heavy atom. The lowest BCUT2D eigenvalue weighted by molar-refractivity contribution is 0.0711. The summed E-state index contributed by atoms with van der Waals surface area (Å²) < 4.78 is 15.9. The van der Waals surface area contributed by atoms with E-state index in [1.165, 1.54) is 0 Å². The average Bonchev–Trinajstić information content (AvgIpc) is 3.26. The molecule has 0 aliphatic carbocycles. The van der Waals surface area contributed by atoms with E-state index in [9.17, 15) is 4.79 Å². The van der Waals surface area contributed by atoms with Crippen molar-refractivity contribution in [3.05, 3.63) is 35.0 Å². The molecule has 0 spiro atoms. The number of anilines is 1. The summed E-state index contributed by atoms with van der Waals surface area (Å²) >= 11 is 0. The number of rotatable bonds is 3. The van der Waals surface area contributed by atoms with Crippen LogP contribution in [-0.2, 0) is 0 Å². The van der Waals surface area contributed by atoms with Gasteiger partial charge in [0.1, 0.15) is 0 Å². The molecule has 3 heterocycles. The molecule has 2 aromatic rings. The second-order valence-electron chi connectivity index (χ2n) is 7.13. The molecule has 1 aromatic heterocycles. The van der Waals surface area contributed by atoms with Crippen molar-refractivity contribution in [1.82, 2.24) is 10.1 Å². The molecule has 1 amide bonds. The predicted molar refractivity (Wildman–Crippen MR) is 95.4 cm³/mol. The van der Waals surface area contributed by atoms with E-state index >= 15 is 0 Å². The number of hydrogen-bond acceptors (Lipinski definition) is 6. The van der Waals surface area contributed by atoms with Crippen molar-refractivity contribution in [2.24, 2.45) is 0 Å². The van der Waals surface area contributed by atoms with Crippen LogP contribution in [0.1, 0.15) is 60.1 Å². The monoisotopic (exact) mass is 357 g/mol. The molecule has 0 bridgehead atoms. The van der Waals surface area contributed by atoms with E-state index < -0.39 is 0 Å². The molecule has 1 aromatic carbocycles. The van der Waals surface area contributed by atoms with Gasteiger partial charge in [0.15, 0.2) is 11.5 Å². The lowest BCUT2D eigenvalue weighted by Crippen LogP contribution is -2.38. The zero-order valence-corrected chi connectivity index (χ0v) is 15.0. The molecule has 0 radical (unpaired) electrons. The SMILES string of the molecule is CC(C)c1c(C2CCN(C(=O)c3ccc4c(c3)OCO4)CC2)noc1N. The third kappa shape index (κ3) is 2.87. The first kappa shape index (κ1) is 16.8. The van der Waals surface area contributed by atoms with Gasteiger partial charge in [0.05, 0.1) is 5.69 Å². The zero-order valence-electron chi connectivity index (χ0n) is 15.0. The zero-order chi connectivity index (χ0) is 18.3. The fraction of sp³-hybridized carbons (Fsp3) is 0.474. The Bertz CT molecular complexity index is 822. The minimum Gasteiger partial charge on any atom is -0.454 e. The number of ether oxygens (including phenoxy) is 2. The van der Waals surface area contributed by atoms with Gasteiger partial charge in [0, 0.05) is 30.1 Å². The van der Waals surface area contributed by atoms with Crippen molar-refractivity contribution < 1.29 is 18.8 Å². The first-order valence-electron chi connectivity index (χ1n) is 8.98. The largest absolute Gasteiger partial charge is 0.454 e. The third-order valence-corrected chi connectivity index (χ3v) is 5.15. The van der Waals surface area contributed by atoms with Crippen LogP contribution in [0.15, 0.2) is 22.7 Å². The van der Waals surface area contributed by atoms with Gasteiger partial charge in [-0.25, -0.2) is 0 Å². The van der Waals surface area contributed by atoms with Gasteiger partial charge in [0.2, 0.25) is 12.7 Å². The molecule has 2 aliphatic heterocycles. The van der Waals surface area contributed by atoms with Crippen LogP contribution in [0.25, 0.3) is 0 Å². The number of carbonyl (C=O) groups excluding carboxylic acids is 1. The van der Waals surface area contributed by atoms with Crippen molar-refractivity contribution in [1.29, 1.82) is 0 Å². The van der Waals surface area contributed by atoms with Gasteiger partial charge in [-0.1, -0.05) is 19.0 Å². The maximum Gasteiger partial charge on any atom is 0.253 e. The van der Waals surface area contributed by atoms with Gasteiger partial charge in [-0.2, -0.15) is 0 Å². The number of likely N-dealkylation sites (tertiary alicyclic amines) is 1. The van der Waals surface area contributed by atoms with E-state index in [0.29, 0.717) is 36.0 Å². The van der Waals surface area contributed by atoms with Gasteiger partial charge in [-0.05, 0) is 37.0 Å². The molecular formula is C19H23N3O4. The van der Waals surface area contributed by atoms with E-state index in [1.807, 2.05) is 4.90 Å². The quantitative estimate of drug-likeness (QED) is 0.907. The number of fused-ring (bicyclic) bond motifs is 1. The first-order valence-corrected chi connectivity index (χ1v) is 8.98. The van der Waals surface area contributed by atoms with Gasteiger partial charge < -0.3 is 24.6 Å². The van der Waals surface area contributed by atoms with E-state index in [-0.39, 0.29) is 24.5 Å². The summed E-state index contributed by atoms with van der Waals surface area (Å²) in [5, 5.41) is 4.19. The smallest absolute Gasteiger partial charge is 0.253 e. The molecule has 0 unspecified atom stereocenters. The maximum absolute atomic E-state index is 12.8. The molecule has 0 saturated carbocycles. The van der Waals surface area contributed by atoms with E-state index in [0.717, 1.165) is 24.1 Å². The highest BCUT2D eigenvalue weighted by Gasteiger charge is 2.30. The molecule has 7 nitrogen and oxygen atoms in total. The van der Waals surface area contributed by atoms with Crippen LogP contribution >= 0.6 is 0 Å². The van der Waals surface area contributed by atoms with Crippen molar-refractivity contribution in [2.45, 2.75) is 38.5 Å². The van der Waals surface area contributed by atoms with Crippen molar-refractivity contribution >= 4 is 11.8 Å². The van der Waals surface area contributed by atoms with Crippen LogP contribution in [-0.4, -0.2) is 35.8 Å². The molecule has 1 fully saturated rings. The standard InChI is InChI=1S/C19H23N3O4/c1-11(2)16-17(21-26-18(16)20)12-5-7-22(8-6-12)19(23)13-3-4-14-15(9-13)25-10-24-14/h3-4,9,11-12H,5-8,10,20H2,1-2H3. The lowest BCUT2D eigenvalue weighted by Gasteiger charge is -2.31. The Hall–Kier alpha value is -2.70. The summed E-state index contributed by atoms with van der Waals surface area (Å²) in [6.45, 7) is 5.75. The fourth-order valence-electron chi connectivity index (χ4n) is 3.77. The Kier molecular flexibility index (Phi) is 4.22. The van der Waals surface area contributed by atoms with Crippen molar-refractivity contribution in [3.63, 3.8) is 0 Å². The van der Waals surface area contributed by atoms with E-state index in [4.69, 9.17) is 19.7 Å². The Labute approximate surface area is 152 Å². The summed E-state index contributed by atoms with van der Waals surface area (Å²) in [4.78, 5) is 14.7. The minimum absolute atomic E-state index is 0.0190. The highest BCUT2D eigenvalue weighted by Crippen LogP contribution is 2.37. The van der Waals surface area contributed by atoms with E-state index in [2.05, 4.69) is 19.0 Å². The van der Waals surface area contributed by atoms with Gasteiger partial charge in [-0.15, -0.1) is 0 Å². The minimum atomic E-state index is 0.0190. The second-order valence-corrected chi connectivity index (χ2v) is 7.13. The van der Waals surface area contributed by atoms with Crippen molar-refractivity contribution in [2.75, 3.05) is 25.6 Å². The molecule has 2 N–H and O–H groups in total. The average molecular weight is 357 g/mol. The number of nitrogen functional groups attached to an aromatic ring is 1. The number of hydrogen-bond donors (Lipinski definition) is 1. The molecule has 4 rings (SSSR count). The van der Waals surface area contributed by atoms with Gasteiger partial charge in [-0.3, -0.25) is 4.79 Å². The highest BCUT2D eigenvalue weighted by atomic mass is 16.7. The van der Waals surface area contributed by atoms with Crippen LogP contribution in [0.5, 0.6) is 11.5 Å². The summed E-state index contributed by atoms with van der Waals surface area (Å²) in [6, 6.07) is 5.33. The number of nitrogens with two attached hydrogens (primary N) is 1. The summed E-state index contributed by atoms with van der Waals surface area (Å²) in [5.41, 5.74) is 8.51. The highest BCUT2D eigenvalue weighted by molar-refractivity contribution is 5.95. The number of nitrogens with zero attached hydrogens (tertiary/aromatic N) is 2. The Morgan fingerprint density at radius 3 is 2.69 bits per heavy atom. The molecule has 2 aliphatic rings. The van der Waals surface area contributed by atoms with Gasteiger partial charge in [0.25, 0.3) is 5.91 Å². The Morgan fingerprint density at radius 2 is 1.96 bits per heavy atom. The van der Waals surface area contributed by atoms with E-state index in [1.54, 1.807) is 18.2 Å². The molecule has 7 heteroatoms. The number of amides is 1. The second kappa shape index (κ2) is 6.55. The molecular weight excluding hydrogens is 334 g/mol.